The van der Waals surface area contributed by atoms with Gasteiger partial charge in [-0.05, 0) is 31.9 Å². The summed E-state index contributed by atoms with van der Waals surface area (Å²) in [6.07, 6.45) is -10.2. The van der Waals surface area contributed by atoms with Gasteiger partial charge < -0.3 is 43.8 Å². The molecule has 1 amide bonds. The van der Waals surface area contributed by atoms with Gasteiger partial charge in [-0.15, -0.1) is 9.81 Å². The van der Waals surface area contributed by atoms with Crippen molar-refractivity contribution in [2.24, 2.45) is 27.4 Å². The molecular weight excluding hydrogens is 682 g/mol. The minimum atomic E-state index is -2.37. The van der Waals surface area contributed by atoms with Gasteiger partial charge in [0.15, 0.2) is 28.2 Å². The highest BCUT2D eigenvalue weighted by molar-refractivity contribution is 5.95. The van der Waals surface area contributed by atoms with Crippen LogP contribution in [0.1, 0.15) is 75.2 Å². The lowest BCUT2D eigenvalue weighted by Gasteiger charge is -2.67. The molecule has 3 aliphatic carbocycles. The normalized spacial score (nSPS) is 36.1. The lowest BCUT2D eigenvalue weighted by Crippen LogP contribution is -2.82. The summed E-state index contributed by atoms with van der Waals surface area (Å²) in [6.45, 7) is 11.2. The molecule has 19 heteroatoms. The predicted octanol–water partition coefficient (Wildman–Crippen LogP) is 1.21. The average molecular weight is 726 g/mol. The van der Waals surface area contributed by atoms with Gasteiger partial charge >= 0.3 is 23.9 Å². The van der Waals surface area contributed by atoms with E-state index in [4.69, 9.17) is 33.4 Å². The Morgan fingerprint density at radius 1 is 0.961 bits per heavy atom. The maximum Gasteiger partial charge on any atom is 0.353 e. The first kappa shape index (κ1) is 39.3. The molecule has 3 fully saturated rings. The summed E-state index contributed by atoms with van der Waals surface area (Å²) in [5, 5.41) is 20.5. The van der Waals surface area contributed by atoms with Crippen molar-refractivity contribution in [2.75, 3.05) is 6.61 Å². The fourth-order valence-electron chi connectivity index (χ4n) is 8.61. The molecule has 4 aliphatic rings. The Morgan fingerprint density at radius 2 is 1.59 bits per heavy atom. The lowest BCUT2D eigenvalue weighted by molar-refractivity contribution is -0.350. The van der Waals surface area contributed by atoms with Gasteiger partial charge in [0, 0.05) is 46.0 Å². The monoisotopic (exact) mass is 725 g/mol. The zero-order valence-electron chi connectivity index (χ0n) is 29.7. The van der Waals surface area contributed by atoms with Gasteiger partial charge in [0.25, 0.3) is 0 Å². The molecule has 1 aliphatic heterocycles. The number of carbonyl (C=O) groups is 6. The van der Waals surface area contributed by atoms with Crippen LogP contribution in [-0.2, 0) is 62.1 Å². The lowest BCUT2D eigenvalue weighted by atomic mass is 9.44. The van der Waals surface area contributed by atoms with Crippen LogP contribution in [0.15, 0.2) is 21.8 Å². The molecule has 8 unspecified atom stereocenters. The van der Waals surface area contributed by atoms with Crippen LogP contribution in [0.4, 0.5) is 0 Å². The maximum atomic E-state index is 15.2. The summed E-state index contributed by atoms with van der Waals surface area (Å²) in [4.78, 5) is 112. The Kier molecular flexibility index (Phi) is 10.7. The minimum absolute atomic E-state index is 0.0432. The van der Waals surface area contributed by atoms with Gasteiger partial charge in [0.1, 0.15) is 30.0 Å². The number of ether oxygens (including phenoxy) is 5. The number of fused-ring (bicyclic) bond motifs is 5. The van der Waals surface area contributed by atoms with E-state index in [2.05, 4.69) is 16.0 Å². The average Bonchev–Trinajstić information content (AvgIpc) is 2.99. The first-order valence-electron chi connectivity index (χ1n) is 16.2. The third kappa shape index (κ3) is 6.34. The molecule has 0 radical (unpaired) electrons. The fourth-order valence-corrected chi connectivity index (χ4v) is 8.61. The van der Waals surface area contributed by atoms with E-state index in [1.807, 2.05) is 0 Å². The van der Waals surface area contributed by atoms with Gasteiger partial charge in [0.05, 0.1) is 24.0 Å². The second kappa shape index (κ2) is 13.9. The van der Waals surface area contributed by atoms with Crippen LogP contribution in [0.3, 0.4) is 0 Å². The first-order chi connectivity index (χ1) is 23.6. The van der Waals surface area contributed by atoms with E-state index >= 15 is 4.79 Å². The van der Waals surface area contributed by atoms with Gasteiger partial charge in [-0.25, -0.2) is 4.79 Å². The second-order valence-corrected chi connectivity index (χ2v) is 14.3. The molecule has 4 rings (SSSR count). The van der Waals surface area contributed by atoms with Crippen LogP contribution in [-0.4, -0.2) is 101 Å². The van der Waals surface area contributed by atoms with Crippen molar-refractivity contribution < 1.29 is 67.2 Å². The summed E-state index contributed by atoms with van der Waals surface area (Å²) in [5.41, 5.74) is -7.75. The Bertz CT molecular complexity index is 1550. The number of nitrogens with one attached hydrogen (secondary N) is 1. The molecule has 0 spiro atoms. The van der Waals surface area contributed by atoms with Crippen molar-refractivity contribution in [1.82, 2.24) is 5.32 Å². The number of Topliss-reactive ketones (excluding diaryl/α,β-unsaturated/α-hetero) is 1. The zero-order chi connectivity index (χ0) is 38.4. The van der Waals surface area contributed by atoms with Crippen LogP contribution < -0.4 is 5.32 Å². The highest BCUT2D eigenvalue weighted by atomic mass is 16.7. The van der Waals surface area contributed by atoms with E-state index in [9.17, 15) is 38.9 Å². The molecule has 0 aromatic heterocycles. The van der Waals surface area contributed by atoms with Gasteiger partial charge in [-0.1, -0.05) is 13.8 Å². The summed E-state index contributed by atoms with van der Waals surface area (Å²) < 4.78 is 29.1. The Morgan fingerprint density at radius 3 is 2.08 bits per heavy atom. The SMILES string of the molecule is CC(=O)NC(C)C(ON=O)C(=O)OC1C[C@@]2(O)C(OC(C)=O)C3[C@]4(OC(C)=O)COC4CC(ON=O)[C@@]3(C)C(=O)C(OC(C)=O)C(=C1C)C2(C)C. The topological polar surface area (TPSA) is 258 Å². The van der Waals surface area contributed by atoms with Gasteiger partial charge in [0.2, 0.25) is 12.0 Å². The summed E-state index contributed by atoms with van der Waals surface area (Å²) >= 11 is 0. The van der Waals surface area contributed by atoms with Gasteiger partial charge in [-0.2, -0.15) is 0 Å². The number of ketones is 1. The smallest absolute Gasteiger partial charge is 0.353 e. The molecule has 1 heterocycles. The van der Waals surface area contributed by atoms with Crippen LogP contribution >= 0.6 is 0 Å². The van der Waals surface area contributed by atoms with E-state index in [0.717, 1.165) is 27.7 Å². The van der Waals surface area contributed by atoms with E-state index in [1.54, 1.807) is 0 Å². The Hall–Kier alpha value is -4.52. The van der Waals surface area contributed by atoms with Gasteiger partial charge in [-0.3, -0.25) is 24.0 Å². The molecule has 2 bridgehead atoms. The van der Waals surface area contributed by atoms with Crippen LogP contribution in [0.2, 0.25) is 0 Å². The largest absolute Gasteiger partial charge is 0.459 e. The number of carbonyl (C=O) groups excluding carboxylic acids is 6. The Labute approximate surface area is 292 Å². The number of esters is 4. The number of hydrogen-bond donors (Lipinski definition) is 2. The predicted molar refractivity (Wildman–Crippen MR) is 167 cm³/mol. The zero-order valence-corrected chi connectivity index (χ0v) is 29.7. The van der Waals surface area contributed by atoms with Crippen molar-refractivity contribution in [1.29, 1.82) is 0 Å². The quantitative estimate of drug-likeness (QED) is 0.0997. The van der Waals surface area contributed by atoms with Crippen LogP contribution in [0.25, 0.3) is 0 Å². The van der Waals surface area contributed by atoms with E-state index in [0.29, 0.717) is 0 Å². The highest BCUT2D eigenvalue weighted by Gasteiger charge is 2.79. The molecular formula is C32H43N3O16. The molecule has 11 atom stereocenters. The van der Waals surface area contributed by atoms with Crippen LogP contribution in [0.5, 0.6) is 0 Å². The van der Waals surface area contributed by atoms with Crippen molar-refractivity contribution >= 4 is 35.6 Å². The molecule has 0 aromatic carbocycles. The Balaban J connectivity index is 2.06. The molecule has 19 nitrogen and oxygen atoms in total. The maximum absolute atomic E-state index is 15.2. The number of aliphatic hydroxyl groups is 1. The second-order valence-electron chi connectivity index (χ2n) is 14.3. The molecule has 2 saturated carbocycles. The number of hydrogen-bond acceptors (Lipinski definition) is 18. The standard InChI is InChI=1S/C32H43N3O16/c1-13-19(48-28(41)23(51-35-44)14(2)33-15(3)36)11-32(42)27(47-17(5)38)25-30(9,26(40)24(46-16(4)37)22(13)29(32,7)8)20(50-34-43)10-21-31(25,12-45-21)49-18(6)39/h14,19-21,23-25,27,42H,10-12H2,1-9H3,(H,33,36)/t14?,19?,20?,21?,23?,24?,25?,27?,30-,31+,32-/m1/s1. The molecule has 282 valence electrons. The minimum Gasteiger partial charge on any atom is -0.459 e. The molecule has 51 heavy (non-hydrogen) atoms. The van der Waals surface area contributed by atoms with Crippen molar-refractivity contribution in [2.45, 2.75) is 129 Å². The highest BCUT2D eigenvalue weighted by Crippen LogP contribution is 2.64. The molecule has 0 aromatic rings. The third-order valence-corrected chi connectivity index (χ3v) is 10.9. The molecule has 2 N–H and O–H groups in total. The third-order valence-electron chi connectivity index (χ3n) is 10.9. The fraction of sp³-hybridized carbons (Fsp3) is 0.750. The van der Waals surface area contributed by atoms with Crippen LogP contribution in [0, 0.1) is 26.6 Å². The molecule has 1 saturated heterocycles. The number of nitrogens with zero attached hydrogens (tertiary/aromatic N) is 2. The summed E-state index contributed by atoms with van der Waals surface area (Å²) in [5.74, 6) is -6.91. The van der Waals surface area contributed by atoms with E-state index in [1.165, 1.54) is 34.6 Å². The van der Waals surface area contributed by atoms with Crippen molar-refractivity contribution in [3.8, 4) is 0 Å². The number of amides is 1. The van der Waals surface area contributed by atoms with Crippen molar-refractivity contribution in [3.05, 3.63) is 21.0 Å². The summed E-state index contributed by atoms with van der Waals surface area (Å²) in [6, 6.07) is -1.14. The van der Waals surface area contributed by atoms with Crippen molar-refractivity contribution in [3.63, 3.8) is 0 Å². The summed E-state index contributed by atoms with van der Waals surface area (Å²) in [7, 11) is 0. The number of rotatable bonds is 11. The first-order valence-corrected chi connectivity index (χ1v) is 16.2. The van der Waals surface area contributed by atoms with E-state index < -0.39 is 113 Å². The van der Waals surface area contributed by atoms with E-state index in [-0.39, 0.29) is 24.2 Å².